The van der Waals surface area contributed by atoms with Crippen LogP contribution < -0.4 is 0 Å². The maximum Gasteiger partial charge on any atom is 0.328 e. The molecule has 2 N–H and O–H groups in total. The van der Waals surface area contributed by atoms with Crippen LogP contribution in [0.1, 0.15) is 40.6 Å². The number of aliphatic carboxylic acids is 2. The quantitative estimate of drug-likeness (QED) is 0.704. The zero-order valence-corrected chi connectivity index (χ0v) is 17.4. The van der Waals surface area contributed by atoms with Crippen molar-refractivity contribution < 1.29 is 26.0 Å². The van der Waals surface area contributed by atoms with Gasteiger partial charge in [0.2, 0.25) is 0 Å². The Morgan fingerprint density at radius 2 is 1.67 bits per heavy atom. The van der Waals surface area contributed by atoms with Gasteiger partial charge < -0.3 is 15.1 Å². The number of benzene rings is 1. The Labute approximate surface area is 180 Å². The highest BCUT2D eigenvalue weighted by Crippen LogP contribution is 2.40. The van der Waals surface area contributed by atoms with Crippen LogP contribution in [0.4, 0.5) is 0 Å². The first-order valence-electron chi connectivity index (χ1n) is 9.60. The Kier molecular flexibility index (Phi) is 6.97. The Bertz CT molecular complexity index is 1010. The Morgan fingerprint density at radius 3 is 2.30 bits per heavy atom. The van der Waals surface area contributed by atoms with Crippen LogP contribution in [-0.4, -0.2) is 53.0 Å². The van der Waals surface area contributed by atoms with E-state index in [1.165, 1.54) is 27.8 Å². The molecule has 1 aliphatic heterocycles. The molecule has 2 heterocycles. The SMILES string of the molecule is CN1CCC(=C2c3ccccc3CC(=O)c3sccc32)CC1.O=C(O)/C=C/C(=O)O.[HH]. The van der Waals surface area contributed by atoms with Crippen LogP contribution in [0.2, 0.25) is 0 Å². The summed E-state index contributed by atoms with van der Waals surface area (Å²) >= 11 is 1.59. The van der Waals surface area contributed by atoms with Crippen molar-refractivity contribution in [2.24, 2.45) is 0 Å². The van der Waals surface area contributed by atoms with Crippen molar-refractivity contribution in [2.45, 2.75) is 19.3 Å². The third-order valence-corrected chi connectivity index (χ3v) is 6.09. The van der Waals surface area contributed by atoms with Crippen molar-refractivity contribution in [3.05, 3.63) is 75.0 Å². The second-order valence-corrected chi connectivity index (χ2v) is 8.13. The van der Waals surface area contributed by atoms with Gasteiger partial charge in [0.15, 0.2) is 5.78 Å². The zero-order valence-electron chi connectivity index (χ0n) is 16.6. The van der Waals surface area contributed by atoms with Gasteiger partial charge in [-0.3, -0.25) is 4.79 Å². The van der Waals surface area contributed by atoms with E-state index in [-0.39, 0.29) is 7.21 Å². The lowest BCUT2D eigenvalue weighted by molar-refractivity contribution is -0.134. The van der Waals surface area contributed by atoms with E-state index < -0.39 is 11.9 Å². The van der Waals surface area contributed by atoms with E-state index >= 15 is 0 Å². The largest absolute Gasteiger partial charge is 0.478 e. The normalized spacial score (nSPS) is 16.4. The van der Waals surface area contributed by atoms with Crippen molar-refractivity contribution in [1.82, 2.24) is 4.90 Å². The number of piperidine rings is 1. The highest BCUT2D eigenvalue weighted by Gasteiger charge is 2.27. The highest BCUT2D eigenvalue weighted by atomic mass is 32.1. The summed E-state index contributed by atoms with van der Waals surface area (Å²) in [5.74, 6) is -2.25. The smallest absolute Gasteiger partial charge is 0.328 e. The molecule has 4 rings (SSSR count). The zero-order chi connectivity index (χ0) is 21.7. The Balaban J connectivity index is 0.000000329. The molecule has 158 valence electrons. The first-order valence-corrected chi connectivity index (χ1v) is 10.5. The first kappa shape index (κ1) is 21.7. The molecule has 0 bridgehead atoms. The van der Waals surface area contributed by atoms with E-state index in [2.05, 4.69) is 41.6 Å². The second kappa shape index (κ2) is 9.65. The van der Waals surface area contributed by atoms with Gasteiger partial charge in [-0.15, -0.1) is 11.3 Å². The van der Waals surface area contributed by atoms with Crippen molar-refractivity contribution in [2.75, 3.05) is 20.1 Å². The third kappa shape index (κ3) is 5.11. The summed E-state index contributed by atoms with van der Waals surface area (Å²) in [5.41, 5.74) is 6.47. The molecule has 0 spiro atoms. The number of thiophene rings is 1. The molecule has 1 aliphatic carbocycles. The van der Waals surface area contributed by atoms with Crippen LogP contribution in [0.15, 0.2) is 53.4 Å². The number of fused-ring (bicyclic) bond motifs is 2. The van der Waals surface area contributed by atoms with Crippen molar-refractivity contribution >= 4 is 34.6 Å². The molecule has 2 aliphatic rings. The number of carbonyl (C=O) groups is 3. The highest BCUT2D eigenvalue weighted by molar-refractivity contribution is 7.12. The van der Waals surface area contributed by atoms with Crippen LogP contribution in [-0.2, 0) is 16.0 Å². The molecular weight excluding hydrogens is 402 g/mol. The third-order valence-electron chi connectivity index (χ3n) is 5.14. The minimum Gasteiger partial charge on any atom is -0.478 e. The Hall–Kier alpha value is -3.03. The standard InChI is InChI=1S/C19H19NOS.C4H4O4.H2/c1-20-9-6-13(7-10-20)18-15-5-3-2-4-14(15)12-17(21)19-16(18)8-11-22-19;5-3(6)1-2-4(7)8;/h2-5,8,11H,6-7,9-10,12H2,1H3;1-2H,(H,5,6)(H,7,8);1H/b;2-1+;. The molecule has 6 nitrogen and oxygen atoms in total. The molecule has 0 atom stereocenters. The molecular formula is C23H25NO5S. The molecule has 1 saturated heterocycles. The van der Waals surface area contributed by atoms with Gasteiger partial charge in [-0.1, -0.05) is 29.8 Å². The van der Waals surface area contributed by atoms with Crippen molar-refractivity contribution in [3.63, 3.8) is 0 Å². The van der Waals surface area contributed by atoms with Gasteiger partial charge in [0.1, 0.15) is 0 Å². The fourth-order valence-electron chi connectivity index (χ4n) is 3.70. The lowest BCUT2D eigenvalue weighted by Crippen LogP contribution is -2.27. The number of carboxylic acids is 2. The van der Waals surface area contributed by atoms with Gasteiger partial charge in [-0.25, -0.2) is 9.59 Å². The number of likely N-dealkylation sites (tertiary alicyclic amines) is 1. The summed E-state index contributed by atoms with van der Waals surface area (Å²) in [7, 11) is 2.18. The van der Waals surface area contributed by atoms with E-state index in [0.717, 1.165) is 30.8 Å². The average molecular weight is 428 g/mol. The summed E-state index contributed by atoms with van der Waals surface area (Å²) in [6, 6.07) is 10.6. The number of ketones is 1. The molecule has 1 aromatic heterocycles. The van der Waals surface area contributed by atoms with Gasteiger partial charge in [0, 0.05) is 38.7 Å². The van der Waals surface area contributed by atoms with Crippen LogP contribution in [0.3, 0.4) is 0 Å². The molecule has 0 amide bonds. The molecule has 30 heavy (non-hydrogen) atoms. The molecule has 0 radical (unpaired) electrons. The number of rotatable bonds is 2. The molecule has 0 saturated carbocycles. The monoisotopic (exact) mass is 427 g/mol. The maximum atomic E-state index is 12.6. The molecule has 7 heteroatoms. The maximum absolute atomic E-state index is 12.6. The number of nitrogens with zero attached hydrogens (tertiary/aromatic N) is 1. The van der Waals surface area contributed by atoms with Gasteiger partial charge >= 0.3 is 11.9 Å². The lowest BCUT2D eigenvalue weighted by atomic mass is 9.88. The van der Waals surface area contributed by atoms with E-state index in [9.17, 15) is 14.4 Å². The van der Waals surface area contributed by atoms with E-state index in [1.807, 2.05) is 6.07 Å². The van der Waals surface area contributed by atoms with Gasteiger partial charge in [-0.05, 0) is 48.0 Å². The summed E-state index contributed by atoms with van der Waals surface area (Å²) in [6.07, 6.45) is 3.85. The van der Waals surface area contributed by atoms with Crippen LogP contribution in [0.25, 0.3) is 5.57 Å². The van der Waals surface area contributed by atoms with Gasteiger partial charge in [-0.2, -0.15) is 0 Å². The summed E-state index contributed by atoms with van der Waals surface area (Å²) in [5, 5.41) is 17.7. The topological polar surface area (TPSA) is 94.9 Å². The number of carboxylic acid groups (broad SMARTS) is 2. The lowest BCUT2D eigenvalue weighted by Gasteiger charge is -2.27. The minimum absolute atomic E-state index is 0. The van der Waals surface area contributed by atoms with Crippen LogP contribution in [0.5, 0.6) is 0 Å². The number of carbonyl (C=O) groups excluding carboxylic acids is 1. The number of hydrogen-bond donors (Lipinski definition) is 2. The fraction of sp³-hybridized carbons (Fsp3) is 0.261. The summed E-state index contributed by atoms with van der Waals surface area (Å²) in [6.45, 7) is 2.21. The Morgan fingerprint density at radius 1 is 1.03 bits per heavy atom. The van der Waals surface area contributed by atoms with Crippen LogP contribution >= 0.6 is 11.3 Å². The molecule has 1 fully saturated rings. The van der Waals surface area contributed by atoms with Gasteiger partial charge in [0.25, 0.3) is 0 Å². The molecule has 2 aromatic rings. The summed E-state index contributed by atoms with van der Waals surface area (Å²) < 4.78 is 0. The average Bonchev–Trinajstić information content (AvgIpc) is 3.15. The predicted molar refractivity (Wildman–Crippen MR) is 118 cm³/mol. The van der Waals surface area contributed by atoms with Crippen LogP contribution in [0, 0.1) is 0 Å². The number of hydrogen-bond acceptors (Lipinski definition) is 5. The molecule has 0 unspecified atom stereocenters. The molecule has 1 aromatic carbocycles. The fourth-order valence-corrected chi connectivity index (χ4v) is 4.54. The van der Waals surface area contributed by atoms with Gasteiger partial charge in [0.05, 0.1) is 4.88 Å². The second-order valence-electron chi connectivity index (χ2n) is 7.21. The van der Waals surface area contributed by atoms with Crippen molar-refractivity contribution in [1.29, 1.82) is 0 Å². The van der Waals surface area contributed by atoms with E-state index in [0.29, 0.717) is 18.6 Å². The van der Waals surface area contributed by atoms with Crippen molar-refractivity contribution in [3.8, 4) is 0 Å². The first-order chi connectivity index (χ1) is 14.4. The number of Topliss-reactive ketones (excluding diaryl/α,β-unsaturated/α-hetero) is 1. The minimum atomic E-state index is -1.26. The predicted octanol–water partition coefficient (Wildman–Crippen LogP) is 3.97. The van der Waals surface area contributed by atoms with E-state index in [4.69, 9.17) is 10.2 Å². The summed E-state index contributed by atoms with van der Waals surface area (Å²) in [4.78, 5) is 35.0. The van der Waals surface area contributed by atoms with E-state index in [1.54, 1.807) is 11.3 Å².